The van der Waals surface area contributed by atoms with E-state index < -0.39 is 0 Å². The highest BCUT2D eigenvalue weighted by molar-refractivity contribution is 6.30. The molecule has 0 radical (unpaired) electrons. The van der Waals surface area contributed by atoms with Crippen LogP contribution < -0.4 is 0 Å². The number of rotatable bonds is 3. The Hall–Kier alpha value is -0.500. The molecular weight excluding hydrogens is 184 g/mol. The van der Waals surface area contributed by atoms with E-state index >= 15 is 0 Å². The summed E-state index contributed by atoms with van der Waals surface area (Å²) in [6.07, 6.45) is 5.91. The van der Waals surface area contributed by atoms with E-state index in [2.05, 4.69) is 25.9 Å². The molecule has 1 aromatic heterocycles. The summed E-state index contributed by atoms with van der Waals surface area (Å²) in [5, 5.41) is 4.84. The summed E-state index contributed by atoms with van der Waals surface area (Å²) in [6, 6.07) is 0. The molecule has 13 heavy (non-hydrogen) atoms. The summed E-state index contributed by atoms with van der Waals surface area (Å²) in [7, 11) is 0. The zero-order valence-electron chi connectivity index (χ0n) is 8.55. The highest BCUT2D eigenvalue weighted by atomic mass is 35.5. The minimum absolute atomic E-state index is 0.414. The molecule has 0 atom stereocenters. The first-order valence-corrected chi connectivity index (χ1v) is 5.03. The van der Waals surface area contributed by atoms with Crippen LogP contribution in [-0.2, 0) is 6.54 Å². The van der Waals surface area contributed by atoms with Gasteiger partial charge in [0.15, 0.2) is 0 Å². The van der Waals surface area contributed by atoms with Crippen LogP contribution in [0.2, 0.25) is 5.02 Å². The molecule has 0 bridgehead atoms. The highest BCUT2D eigenvalue weighted by Gasteiger charge is 2.09. The van der Waals surface area contributed by atoms with E-state index in [0.29, 0.717) is 5.41 Å². The summed E-state index contributed by atoms with van der Waals surface area (Å²) in [4.78, 5) is 0. The molecule has 3 heteroatoms. The molecule has 0 aliphatic carbocycles. The lowest BCUT2D eigenvalue weighted by Gasteiger charge is -2.17. The van der Waals surface area contributed by atoms with Gasteiger partial charge in [-0.15, -0.1) is 0 Å². The lowest BCUT2D eigenvalue weighted by Crippen LogP contribution is -2.07. The zero-order valence-corrected chi connectivity index (χ0v) is 9.30. The van der Waals surface area contributed by atoms with Crippen molar-refractivity contribution < 1.29 is 0 Å². The Labute approximate surface area is 84.9 Å². The fourth-order valence-corrected chi connectivity index (χ4v) is 1.39. The molecule has 0 amide bonds. The van der Waals surface area contributed by atoms with Gasteiger partial charge in [0.25, 0.3) is 0 Å². The van der Waals surface area contributed by atoms with E-state index in [1.165, 1.54) is 6.42 Å². The van der Waals surface area contributed by atoms with Gasteiger partial charge in [0.05, 0.1) is 11.2 Å². The van der Waals surface area contributed by atoms with Gasteiger partial charge in [-0.05, 0) is 18.3 Å². The SMILES string of the molecule is CC(C)(C)CCCn1cc(Cl)cn1. The van der Waals surface area contributed by atoms with Crippen molar-refractivity contribution in [3.63, 3.8) is 0 Å². The molecule has 1 heterocycles. The molecule has 0 fully saturated rings. The molecule has 0 aliphatic heterocycles. The van der Waals surface area contributed by atoms with Crippen molar-refractivity contribution in [2.45, 2.75) is 40.2 Å². The van der Waals surface area contributed by atoms with Crippen LogP contribution in [0, 0.1) is 5.41 Å². The normalized spacial score (nSPS) is 12.0. The maximum absolute atomic E-state index is 5.75. The lowest BCUT2D eigenvalue weighted by atomic mass is 9.91. The number of halogens is 1. The van der Waals surface area contributed by atoms with E-state index in [-0.39, 0.29) is 0 Å². The standard InChI is InChI=1S/C10H17ClN2/c1-10(2,3)5-4-6-13-8-9(11)7-12-13/h7-8H,4-6H2,1-3H3. The van der Waals surface area contributed by atoms with Crippen LogP contribution in [-0.4, -0.2) is 9.78 Å². The van der Waals surface area contributed by atoms with Gasteiger partial charge in [0.2, 0.25) is 0 Å². The average Bonchev–Trinajstić information content (AvgIpc) is 2.33. The minimum atomic E-state index is 0.414. The van der Waals surface area contributed by atoms with Crippen LogP contribution in [0.5, 0.6) is 0 Å². The summed E-state index contributed by atoms with van der Waals surface area (Å²) >= 11 is 5.75. The molecule has 1 aromatic rings. The molecule has 2 nitrogen and oxygen atoms in total. The largest absolute Gasteiger partial charge is 0.271 e. The van der Waals surface area contributed by atoms with E-state index in [0.717, 1.165) is 18.0 Å². The first-order valence-electron chi connectivity index (χ1n) is 4.65. The first kappa shape index (κ1) is 10.6. The number of hydrogen-bond donors (Lipinski definition) is 0. The molecule has 0 N–H and O–H groups in total. The van der Waals surface area contributed by atoms with Gasteiger partial charge < -0.3 is 0 Å². The Morgan fingerprint density at radius 2 is 2.15 bits per heavy atom. The van der Waals surface area contributed by atoms with Gasteiger partial charge in [0.1, 0.15) is 0 Å². The average molecular weight is 201 g/mol. The van der Waals surface area contributed by atoms with Crippen molar-refractivity contribution in [1.82, 2.24) is 9.78 Å². The monoisotopic (exact) mass is 200 g/mol. The number of nitrogens with zero attached hydrogens (tertiary/aromatic N) is 2. The predicted molar refractivity (Wildman–Crippen MR) is 55.9 cm³/mol. The third-order valence-corrected chi connectivity index (χ3v) is 2.11. The molecule has 0 unspecified atom stereocenters. The molecule has 74 valence electrons. The van der Waals surface area contributed by atoms with Gasteiger partial charge in [0, 0.05) is 12.7 Å². The van der Waals surface area contributed by atoms with E-state index in [1.54, 1.807) is 6.20 Å². The fraction of sp³-hybridized carbons (Fsp3) is 0.700. The molecule has 0 aromatic carbocycles. The minimum Gasteiger partial charge on any atom is -0.271 e. The number of aryl methyl sites for hydroxylation is 1. The van der Waals surface area contributed by atoms with E-state index in [4.69, 9.17) is 11.6 Å². The molecule has 1 rings (SSSR count). The quantitative estimate of drug-likeness (QED) is 0.732. The van der Waals surface area contributed by atoms with Gasteiger partial charge in [-0.3, -0.25) is 4.68 Å². The smallest absolute Gasteiger partial charge is 0.0785 e. The van der Waals surface area contributed by atoms with Crippen molar-refractivity contribution >= 4 is 11.6 Å². The third-order valence-electron chi connectivity index (χ3n) is 1.92. The maximum Gasteiger partial charge on any atom is 0.0785 e. The molecular formula is C10H17ClN2. The van der Waals surface area contributed by atoms with Crippen molar-refractivity contribution in [3.8, 4) is 0 Å². The summed E-state index contributed by atoms with van der Waals surface area (Å²) in [6.45, 7) is 7.72. The maximum atomic E-state index is 5.75. The predicted octanol–water partition coefficient (Wildman–Crippen LogP) is 3.36. The van der Waals surface area contributed by atoms with Crippen LogP contribution in [0.25, 0.3) is 0 Å². The second-order valence-corrected chi connectivity index (χ2v) is 5.02. The van der Waals surface area contributed by atoms with Crippen molar-refractivity contribution in [2.75, 3.05) is 0 Å². The third kappa shape index (κ3) is 4.32. The van der Waals surface area contributed by atoms with Crippen LogP contribution in [0.1, 0.15) is 33.6 Å². The lowest BCUT2D eigenvalue weighted by molar-refractivity contribution is 0.349. The number of hydrogen-bond acceptors (Lipinski definition) is 1. The van der Waals surface area contributed by atoms with Gasteiger partial charge in [-0.1, -0.05) is 32.4 Å². The van der Waals surface area contributed by atoms with Crippen molar-refractivity contribution in [3.05, 3.63) is 17.4 Å². The van der Waals surface area contributed by atoms with Crippen LogP contribution in [0.15, 0.2) is 12.4 Å². The Bertz CT molecular complexity index is 260. The van der Waals surface area contributed by atoms with Gasteiger partial charge in [-0.25, -0.2) is 0 Å². The van der Waals surface area contributed by atoms with Crippen LogP contribution in [0.3, 0.4) is 0 Å². The van der Waals surface area contributed by atoms with Crippen LogP contribution >= 0.6 is 11.6 Å². The Morgan fingerprint density at radius 1 is 1.46 bits per heavy atom. The molecule has 0 aliphatic rings. The molecule has 0 saturated heterocycles. The Balaban J connectivity index is 2.28. The highest BCUT2D eigenvalue weighted by Crippen LogP contribution is 2.20. The van der Waals surface area contributed by atoms with Gasteiger partial charge in [-0.2, -0.15) is 5.10 Å². The fourth-order valence-electron chi connectivity index (χ4n) is 1.23. The number of aromatic nitrogens is 2. The second kappa shape index (κ2) is 4.14. The second-order valence-electron chi connectivity index (χ2n) is 4.59. The Morgan fingerprint density at radius 3 is 2.62 bits per heavy atom. The van der Waals surface area contributed by atoms with Gasteiger partial charge >= 0.3 is 0 Å². The summed E-state index contributed by atoms with van der Waals surface area (Å²) in [5.41, 5.74) is 0.414. The summed E-state index contributed by atoms with van der Waals surface area (Å²) in [5.74, 6) is 0. The van der Waals surface area contributed by atoms with Crippen LogP contribution in [0.4, 0.5) is 0 Å². The topological polar surface area (TPSA) is 17.8 Å². The zero-order chi connectivity index (χ0) is 9.90. The van der Waals surface area contributed by atoms with Crippen molar-refractivity contribution in [1.29, 1.82) is 0 Å². The van der Waals surface area contributed by atoms with E-state index in [1.807, 2.05) is 10.9 Å². The van der Waals surface area contributed by atoms with Crippen molar-refractivity contribution in [2.24, 2.45) is 5.41 Å². The molecule has 0 saturated carbocycles. The Kier molecular flexibility index (Phi) is 3.37. The summed E-state index contributed by atoms with van der Waals surface area (Å²) < 4.78 is 1.90. The first-order chi connectivity index (χ1) is 5.97. The molecule has 0 spiro atoms. The van der Waals surface area contributed by atoms with E-state index in [9.17, 15) is 0 Å².